The van der Waals surface area contributed by atoms with Crippen molar-refractivity contribution in [2.45, 2.75) is 0 Å². The van der Waals surface area contributed by atoms with E-state index in [1.54, 1.807) is 41.3 Å². The van der Waals surface area contributed by atoms with Gasteiger partial charge in [0, 0.05) is 51.0 Å². The second-order valence-electron chi connectivity index (χ2n) is 7.83. The van der Waals surface area contributed by atoms with E-state index in [1.807, 2.05) is 0 Å². The molecule has 0 unspecified atom stereocenters. The maximum Gasteiger partial charge on any atom is 0.312 e. The number of carbonyl (C=O) groups is 4. The lowest BCUT2D eigenvalue weighted by molar-refractivity contribution is -0.155. The minimum absolute atomic E-state index is 0.184. The Labute approximate surface area is 196 Å². The summed E-state index contributed by atoms with van der Waals surface area (Å²) in [7, 11) is 0. The molecule has 4 rings (SSSR count). The molecule has 0 aliphatic carbocycles. The number of benzene rings is 1. The molecule has 2 fully saturated rings. The largest absolute Gasteiger partial charge is 0.484 e. The lowest BCUT2D eigenvalue weighted by atomic mass is 10.2. The van der Waals surface area contributed by atoms with Crippen molar-refractivity contribution in [3.05, 3.63) is 48.4 Å². The van der Waals surface area contributed by atoms with Crippen LogP contribution in [0.1, 0.15) is 10.6 Å². The van der Waals surface area contributed by atoms with Crippen molar-refractivity contribution in [1.29, 1.82) is 0 Å². The molecule has 2 saturated heterocycles. The summed E-state index contributed by atoms with van der Waals surface area (Å²) in [6.45, 7) is 2.72. The van der Waals surface area contributed by atoms with Crippen LogP contribution in [0.3, 0.4) is 0 Å². The van der Waals surface area contributed by atoms with Crippen molar-refractivity contribution in [3.63, 3.8) is 0 Å². The second-order valence-corrected chi connectivity index (χ2v) is 7.83. The van der Waals surface area contributed by atoms with Crippen LogP contribution in [-0.4, -0.2) is 97.4 Å². The highest BCUT2D eigenvalue weighted by atomic mass is 16.5. The quantitative estimate of drug-likeness (QED) is 0.630. The molecule has 3 heterocycles. The number of amides is 4. The Hall–Kier alpha value is -3.86. The van der Waals surface area contributed by atoms with E-state index in [9.17, 15) is 19.2 Å². The van der Waals surface area contributed by atoms with Gasteiger partial charge in [-0.05, 0) is 24.3 Å². The molecule has 2 aromatic rings. The average Bonchev–Trinajstić information content (AvgIpc) is 3.43. The minimum Gasteiger partial charge on any atom is -0.484 e. The Bertz CT molecular complexity index is 1030. The van der Waals surface area contributed by atoms with Gasteiger partial charge in [-0.15, -0.1) is 0 Å². The molecule has 180 valence electrons. The normalized spacial score (nSPS) is 16.2. The van der Waals surface area contributed by atoms with Crippen molar-refractivity contribution in [1.82, 2.24) is 14.7 Å². The van der Waals surface area contributed by atoms with Crippen molar-refractivity contribution >= 4 is 29.3 Å². The van der Waals surface area contributed by atoms with Gasteiger partial charge < -0.3 is 33.9 Å². The monoisotopic (exact) mass is 470 g/mol. The number of hydrogen-bond donors (Lipinski definition) is 1. The van der Waals surface area contributed by atoms with Gasteiger partial charge in [0.2, 0.25) is 0 Å². The summed E-state index contributed by atoms with van der Waals surface area (Å²) in [6, 6.07) is 9.88. The molecule has 0 atom stereocenters. The molecule has 0 saturated carbocycles. The fraction of sp³-hybridized carbons (Fsp3) is 0.391. The SMILES string of the molecule is O=C(Nc1cccc(OCC(=O)N2CCN(C(=O)C(=O)N3CCOCC3)CC2)c1)c1ccco1. The molecule has 34 heavy (non-hydrogen) atoms. The van der Waals surface area contributed by atoms with Crippen LogP contribution in [0.25, 0.3) is 0 Å². The van der Waals surface area contributed by atoms with Gasteiger partial charge in [-0.1, -0.05) is 6.07 Å². The van der Waals surface area contributed by atoms with Crippen molar-refractivity contribution in [3.8, 4) is 5.75 Å². The highest BCUT2D eigenvalue weighted by Crippen LogP contribution is 2.18. The molecule has 0 spiro atoms. The molecule has 0 bridgehead atoms. The summed E-state index contributed by atoms with van der Waals surface area (Å²) in [4.78, 5) is 54.1. The summed E-state index contributed by atoms with van der Waals surface area (Å²) < 4.78 is 15.9. The molecule has 1 aromatic heterocycles. The molecule has 11 nitrogen and oxygen atoms in total. The number of furan rings is 1. The summed E-state index contributed by atoms with van der Waals surface area (Å²) >= 11 is 0. The van der Waals surface area contributed by atoms with E-state index in [0.29, 0.717) is 50.8 Å². The van der Waals surface area contributed by atoms with E-state index in [0.717, 1.165) is 0 Å². The molecular weight excluding hydrogens is 444 g/mol. The second kappa shape index (κ2) is 10.8. The van der Waals surface area contributed by atoms with Crippen LogP contribution in [-0.2, 0) is 19.1 Å². The Morgan fingerprint density at radius 3 is 2.21 bits per heavy atom. The molecule has 1 aromatic carbocycles. The number of anilines is 1. The van der Waals surface area contributed by atoms with Crippen molar-refractivity contribution in [2.75, 3.05) is 64.4 Å². The predicted octanol–water partition coefficient (Wildman–Crippen LogP) is 0.440. The number of nitrogens with one attached hydrogen (secondary N) is 1. The number of carbonyl (C=O) groups excluding carboxylic acids is 4. The molecule has 1 N–H and O–H groups in total. The van der Waals surface area contributed by atoms with Gasteiger partial charge in [0.25, 0.3) is 11.8 Å². The molecule has 2 aliphatic rings. The number of morpholine rings is 1. The van der Waals surface area contributed by atoms with Gasteiger partial charge in [-0.3, -0.25) is 19.2 Å². The van der Waals surface area contributed by atoms with Crippen molar-refractivity contribution < 1.29 is 33.1 Å². The lowest BCUT2D eigenvalue weighted by Crippen LogP contribution is -2.56. The van der Waals surface area contributed by atoms with Gasteiger partial charge >= 0.3 is 11.8 Å². The fourth-order valence-electron chi connectivity index (χ4n) is 3.70. The molecule has 4 amide bonds. The van der Waals surface area contributed by atoms with Crippen LogP contribution < -0.4 is 10.1 Å². The van der Waals surface area contributed by atoms with Crippen LogP contribution in [0.2, 0.25) is 0 Å². The third-order valence-electron chi connectivity index (χ3n) is 5.60. The van der Waals surface area contributed by atoms with E-state index in [4.69, 9.17) is 13.9 Å². The van der Waals surface area contributed by atoms with Crippen LogP contribution >= 0.6 is 0 Å². The minimum atomic E-state index is -0.543. The summed E-state index contributed by atoms with van der Waals surface area (Å²) in [6.07, 6.45) is 1.41. The third-order valence-corrected chi connectivity index (χ3v) is 5.60. The smallest absolute Gasteiger partial charge is 0.312 e. The number of rotatable bonds is 5. The van der Waals surface area contributed by atoms with Gasteiger partial charge in [0.1, 0.15) is 5.75 Å². The third kappa shape index (κ3) is 5.73. The summed E-state index contributed by atoms with van der Waals surface area (Å²) in [5, 5.41) is 2.70. The standard InChI is InChI=1S/C23H26N4O7/c28-20(16-34-18-4-1-3-17(15-18)24-21(29)19-5-2-12-33-19)25-6-8-26(9-7-25)22(30)23(31)27-10-13-32-14-11-27/h1-5,12,15H,6-11,13-14,16H2,(H,24,29). The molecule has 11 heteroatoms. The highest BCUT2D eigenvalue weighted by molar-refractivity contribution is 6.34. The average molecular weight is 470 g/mol. The van der Waals surface area contributed by atoms with E-state index in [1.165, 1.54) is 16.1 Å². The van der Waals surface area contributed by atoms with Crippen LogP contribution in [0, 0.1) is 0 Å². The van der Waals surface area contributed by atoms with Crippen LogP contribution in [0.5, 0.6) is 5.75 Å². The zero-order valence-electron chi connectivity index (χ0n) is 18.6. The highest BCUT2D eigenvalue weighted by Gasteiger charge is 2.31. The van der Waals surface area contributed by atoms with Gasteiger partial charge in [0.15, 0.2) is 12.4 Å². The first-order valence-electron chi connectivity index (χ1n) is 11.0. The maximum absolute atomic E-state index is 12.6. The van der Waals surface area contributed by atoms with Crippen LogP contribution in [0.15, 0.2) is 47.1 Å². The van der Waals surface area contributed by atoms with E-state index < -0.39 is 17.7 Å². The van der Waals surface area contributed by atoms with E-state index in [-0.39, 0.29) is 31.4 Å². The number of ether oxygens (including phenoxy) is 2. The maximum atomic E-state index is 12.6. The first kappa shape index (κ1) is 23.3. The van der Waals surface area contributed by atoms with Crippen molar-refractivity contribution in [2.24, 2.45) is 0 Å². The Morgan fingerprint density at radius 1 is 0.853 bits per heavy atom. The number of nitrogens with zero attached hydrogens (tertiary/aromatic N) is 3. The van der Waals surface area contributed by atoms with Crippen LogP contribution in [0.4, 0.5) is 5.69 Å². The molecule has 2 aliphatic heterocycles. The zero-order chi connectivity index (χ0) is 23.9. The topological polar surface area (TPSA) is 122 Å². The summed E-state index contributed by atoms with van der Waals surface area (Å²) in [5.41, 5.74) is 0.503. The zero-order valence-corrected chi connectivity index (χ0v) is 18.6. The predicted molar refractivity (Wildman–Crippen MR) is 119 cm³/mol. The molecular formula is C23H26N4O7. The Morgan fingerprint density at radius 2 is 1.53 bits per heavy atom. The first-order valence-corrected chi connectivity index (χ1v) is 11.0. The fourth-order valence-corrected chi connectivity index (χ4v) is 3.70. The van der Waals surface area contributed by atoms with Gasteiger partial charge in [-0.25, -0.2) is 0 Å². The lowest BCUT2D eigenvalue weighted by Gasteiger charge is -2.35. The van der Waals surface area contributed by atoms with Gasteiger partial charge in [0.05, 0.1) is 19.5 Å². The molecule has 0 radical (unpaired) electrons. The number of hydrogen-bond acceptors (Lipinski definition) is 7. The summed E-state index contributed by atoms with van der Waals surface area (Å²) in [5.74, 6) is -1.07. The first-order chi connectivity index (χ1) is 16.5. The van der Waals surface area contributed by atoms with E-state index >= 15 is 0 Å². The Balaban J connectivity index is 1.22. The van der Waals surface area contributed by atoms with Gasteiger partial charge in [-0.2, -0.15) is 0 Å². The number of piperazine rings is 1. The Kier molecular flexibility index (Phi) is 7.43. The van der Waals surface area contributed by atoms with E-state index in [2.05, 4.69) is 5.32 Å².